The molecule has 13 heteroatoms. The molecule has 0 N–H and O–H groups in total. The van der Waals surface area contributed by atoms with Crippen molar-refractivity contribution in [3.8, 4) is 0 Å². The van der Waals surface area contributed by atoms with Gasteiger partial charge in [0, 0.05) is 47.4 Å². The lowest BCUT2D eigenvalue weighted by Gasteiger charge is -2.41. The van der Waals surface area contributed by atoms with Crippen molar-refractivity contribution >= 4 is 34.3 Å². The molecule has 1 unspecified atom stereocenters. The first-order valence-electron chi connectivity index (χ1n) is 17.6. The van der Waals surface area contributed by atoms with Crippen molar-refractivity contribution in [2.24, 2.45) is 0 Å². The maximum absolute atomic E-state index is 12.5. The number of carbonyl (C=O) groups is 2. The van der Waals surface area contributed by atoms with E-state index in [0.717, 1.165) is 77.4 Å². The highest BCUT2D eigenvalue weighted by Gasteiger charge is 2.30. The highest BCUT2D eigenvalue weighted by molar-refractivity contribution is 5.82. The quantitative estimate of drug-likeness (QED) is 0.0358. The van der Waals surface area contributed by atoms with Crippen molar-refractivity contribution in [2.45, 2.75) is 51.7 Å². The molecule has 0 bridgehead atoms. The second-order valence-electron chi connectivity index (χ2n) is 13.9. The molecule has 1 saturated heterocycles. The van der Waals surface area contributed by atoms with Gasteiger partial charge in [-0.1, -0.05) is 36.4 Å². The fourth-order valence-corrected chi connectivity index (χ4v) is 7.08. The van der Waals surface area contributed by atoms with Crippen LogP contribution >= 0.6 is 0 Å². The van der Waals surface area contributed by atoms with Gasteiger partial charge in [-0.3, -0.25) is 25.0 Å². The first-order chi connectivity index (χ1) is 25.0. The van der Waals surface area contributed by atoms with Gasteiger partial charge in [0.25, 0.3) is 11.4 Å². The Hall–Kier alpha value is -5.40. The van der Waals surface area contributed by atoms with Crippen molar-refractivity contribution in [1.29, 1.82) is 0 Å². The van der Waals surface area contributed by atoms with Crippen LogP contribution in [0.1, 0.15) is 48.8 Å². The Kier molecular flexibility index (Phi) is 12.9. The number of nitro groups is 2. The number of ether oxygens (including phenoxy) is 3. The third-order valence-electron chi connectivity index (χ3n) is 9.78. The third-order valence-corrected chi connectivity index (χ3v) is 9.78. The monoisotopic (exact) mass is 714 g/mol. The van der Waals surface area contributed by atoms with Gasteiger partial charge in [-0.25, -0.2) is 4.79 Å². The van der Waals surface area contributed by atoms with E-state index in [1.54, 1.807) is 24.3 Å². The summed E-state index contributed by atoms with van der Waals surface area (Å²) in [5.41, 5.74) is 3.12. The minimum atomic E-state index is -0.943. The molecule has 1 atom stereocenters. The van der Waals surface area contributed by atoms with Crippen molar-refractivity contribution in [3.63, 3.8) is 0 Å². The first-order valence-corrected chi connectivity index (χ1v) is 17.6. The van der Waals surface area contributed by atoms with E-state index in [4.69, 9.17) is 14.2 Å². The molecule has 5 rings (SSSR count). The lowest BCUT2D eigenvalue weighted by molar-refractivity contribution is -0.945. The zero-order chi connectivity index (χ0) is 37.0. The largest absolute Gasteiger partial charge is 0.511 e. The molecule has 0 amide bonds. The number of benzene rings is 4. The molecule has 0 aliphatic carbocycles. The van der Waals surface area contributed by atoms with Crippen LogP contribution in [0.15, 0.2) is 91.0 Å². The smallest absolute Gasteiger partial charge is 0.428 e. The maximum Gasteiger partial charge on any atom is 0.511 e. The van der Waals surface area contributed by atoms with Crippen molar-refractivity contribution in [3.05, 3.63) is 128 Å². The Morgan fingerprint density at radius 3 is 1.98 bits per heavy atom. The SMILES string of the molecule is C[N+](CCOC(=O)OCOC(=O)CCC[N+]1(Cc2ccc([N+](=O)[O-])cc2)CCCCC1)(Cc1ccc([N+](=O)[O-])cc1)Cc1ccc2ccccc2c1. The van der Waals surface area contributed by atoms with Gasteiger partial charge in [0.1, 0.15) is 32.8 Å². The zero-order valence-corrected chi connectivity index (χ0v) is 29.5. The molecule has 1 heterocycles. The second kappa shape index (κ2) is 17.7. The molecule has 52 heavy (non-hydrogen) atoms. The molecule has 1 aliphatic heterocycles. The summed E-state index contributed by atoms with van der Waals surface area (Å²) in [6.45, 7) is 4.55. The lowest BCUT2D eigenvalue weighted by atomic mass is 10.0. The molecule has 13 nitrogen and oxygen atoms in total. The summed E-state index contributed by atoms with van der Waals surface area (Å²) < 4.78 is 16.8. The number of likely N-dealkylation sites (N-methyl/N-ethyl adjacent to an activating group) is 1. The second-order valence-corrected chi connectivity index (χ2v) is 13.9. The van der Waals surface area contributed by atoms with Gasteiger partial charge in [0.15, 0.2) is 0 Å². The number of piperidine rings is 1. The Morgan fingerprint density at radius 2 is 1.33 bits per heavy atom. The summed E-state index contributed by atoms with van der Waals surface area (Å²) in [4.78, 5) is 46.3. The molecule has 0 spiro atoms. The molecular weight excluding hydrogens is 668 g/mol. The Morgan fingerprint density at radius 1 is 0.731 bits per heavy atom. The van der Waals surface area contributed by atoms with Crippen LogP contribution in [0.3, 0.4) is 0 Å². The summed E-state index contributed by atoms with van der Waals surface area (Å²) >= 11 is 0. The van der Waals surface area contributed by atoms with Crippen LogP contribution in [0.2, 0.25) is 0 Å². The van der Waals surface area contributed by atoms with E-state index < -0.39 is 28.8 Å². The molecule has 0 aromatic heterocycles. The number of non-ortho nitro benzene ring substituents is 2. The molecule has 274 valence electrons. The van der Waals surface area contributed by atoms with Gasteiger partial charge in [-0.15, -0.1) is 0 Å². The highest BCUT2D eigenvalue weighted by atomic mass is 16.8. The maximum atomic E-state index is 12.5. The number of rotatable bonds is 17. The van der Waals surface area contributed by atoms with E-state index in [-0.39, 0.29) is 24.4 Å². The number of fused-ring (bicyclic) bond motifs is 1. The zero-order valence-electron chi connectivity index (χ0n) is 29.5. The normalized spacial score (nSPS) is 14.9. The minimum absolute atomic E-state index is 0.0197. The minimum Gasteiger partial charge on any atom is -0.428 e. The van der Waals surface area contributed by atoms with Gasteiger partial charge in [0.05, 0.1) is 42.9 Å². The summed E-state index contributed by atoms with van der Waals surface area (Å²) in [6, 6.07) is 27.5. The number of esters is 1. The van der Waals surface area contributed by atoms with Crippen LogP contribution in [-0.2, 0) is 38.6 Å². The number of quaternary nitrogens is 2. The summed E-state index contributed by atoms with van der Waals surface area (Å²) in [5, 5.41) is 24.4. The lowest BCUT2D eigenvalue weighted by Crippen LogP contribution is -2.51. The van der Waals surface area contributed by atoms with E-state index in [9.17, 15) is 29.8 Å². The number of hydrogen-bond acceptors (Lipinski definition) is 9. The van der Waals surface area contributed by atoms with Crippen LogP contribution in [-0.4, -0.2) is 77.6 Å². The van der Waals surface area contributed by atoms with Gasteiger partial charge in [0.2, 0.25) is 6.79 Å². The average molecular weight is 715 g/mol. The Labute approximate surface area is 302 Å². The highest BCUT2D eigenvalue weighted by Crippen LogP contribution is 2.26. The molecular formula is C39H46N4O9+2. The van der Waals surface area contributed by atoms with E-state index in [0.29, 0.717) is 30.5 Å². The number of hydrogen-bond donors (Lipinski definition) is 0. The van der Waals surface area contributed by atoms with Gasteiger partial charge in [-0.05, 0) is 60.4 Å². The predicted octanol–water partition coefficient (Wildman–Crippen LogP) is 7.44. The molecule has 1 fully saturated rings. The average Bonchev–Trinajstić information content (AvgIpc) is 3.12. The predicted molar refractivity (Wildman–Crippen MR) is 194 cm³/mol. The fourth-order valence-electron chi connectivity index (χ4n) is 7.08. The number of carbonyl (C=O) groups excluding carboxylic acids is 2. The number of likely N-dealkylation sites (tertiary alicyclic amines) is 1. The molecule has 1 aliphatic rings. The van der Waals surface area contributed by atoms with E-state index in [1.165, 1.54) is 24.3 Å². The van der Waals surface area contributed by atoms with Crippen LogP contribution in [0.4, 0.5) is 16.2 Å². The van der Waals surface area contributed by atoms with Crippen LogP contribution in [0, 0.1) is 20.2 Å². The molecule has 4 aromatic carbocycles. The molecule has 4 aromatic rings. The van der Waals surface area contributed by atoms with E-state index in [1.807, 2.05) is 19.2 Å². The molecule has 0 radical (unpaired) electrons. The van der Waals surface area contributed by atoms with Gasteiger partial charge in [-0.2, -0.15) is 0 Å². The topological polar surface area (TPSA) is 148 Å². The Balaban J connectivity index is 1.08. The van der Waals surface area contributed by atoms with Gasteiger partial charge >= 0.3 is 12.1 Å². The fraction of sp³-hybridized carbons (Fsp3) is 0.385. The van der Waals surface area contributed by atoms with E-state index in [2.05, 4.69) is 30.3 Å². The van der Waals surface area contributed by atoms with Crippen LogP contribution in [0.25, 0.3) is 10.8 Å². The molecule has 0 saturated carbocycles. The van der Waals surface area contributed by atoms with Crippen LogP contribution in [0.5, 0.6) is 0 Å². The first kappa shape index (κ1) is 37.8. The summed E-state index contributed by atoms with van der Waals surface area (Å²) in [5.74, 6) is -0.471. The van der Waals surface area contributed by atoms with Crippen molar-refractivity contribution in [1.82, 2.24) is 0 Å². The number of nitrogens with zero attached hydrogens (tertiary/aromatic N) is 4. The Bertz CT molecular complexity index is 1840. The van der Waals surface area contributed by atoms with Crippen molar-refractivity contribution < 1.29 is 42.6 Å². The van der Waals surface area contributed by atoms with Gasteiger partial charge < -0.3 is 23.2 Å². The summed E-state index contributed by atoms with van der Waals surface area (Å²) in [6.07, 6.45) is 3.17. The third kappa shape index (κ3) is 11.0. The van der Waals surface area contributed by atoms with Crippen LogP contribution < -0.4 is 0 Å². The number of nitro benzene ring substituents is 2. The standard InChI is InChI=1S/C39H46N4O9/c1-42(27-31-12-17-36(18-13-31)40(46)47,28-33-11-16-34-8-3-4-9-35(34)26-33)24-25-50-39(45)52-30-51-38(44)10-7-23-43(21-5-2-6-22-43)29-32-14-19-37(20-15-32)41(48)49/h3-4,8-9,11-20,26H,2,5-7,10,21-25,27-30H2,1H3/q+2. The summed E-state index contributed by atoms with van der Waals surface area (Å²) in [7, 11) is 2.04. The van der Waals surface area contributed by atoms with Crippen molar-refractivity contribution in [2.75, 3.05) is 46.6 Å². The van der Waals surface area contributed by atoms with E-state index >= 15 is 0 Å².